The average molecular weight is 375 g/mol. The first kappa shape index (κ1) is 17.3. The molecule has 0 spiro atoms. The van der Waals surface area contributed by atoms with Crippen LogP contribution in [0.1, 0.15) is 36.6 Å². The van der Waals surface area contributed by atoms with Crippen LogP contribution in [0, 0.1) is 0 Å². The number of benzene rings is 3. The Balaban J connectivity index is 1.76. The van der Waals surface area contributed by atoms with Gasteiger partial charge in [0.25, 0.3) is 5.91 Å². The lowest BCUT2D eigenvalue weighted by Gasteiger charge is -2.12. The van der Waals surface area contributed by atoms with Gasteiger partial charge < -0.3 is 20.6 Å². The van der Waals surface area contributed by atoms with Crippen molar-refractivity contribution in [1.29, 1.82) is 0 Å². The number of hydrogen-bond donors (Lipinski definition) is 4. The molecular formula is C21H13NO6. The lowest BCUT2D eigenvalue weighted by atomic mass is 10.00. The molecule has 4 N–H and O–H groups in total. The molecule has 0 radical (unpaired) electrons. The van der Waals surface area contributed by atoms with E-state index in [1.165, 1.54) is 6.07 Å². The van der Waals surface area contributed by atoms with E-state index in [0.29, 0.717) is 11.1 Å². The number of hydrogen-bond acceptors (Lipinski definition) is 5. The normalized spacial score (nSPS) is 11.6. The molecule has 7 heteroatoms. The highest BCUT2D eigenvalue weighted by Crippen LogP contribution is 2.39. The zero-order valence-corrected chi connectivity index (χ0v) is 14.3. The standard InChI is InChI=1S/C21H13NO6/c23-16-9-10(21(27)28)8-15(19(16)25)22-20(26)14-7-3-6-12-11-4-1-2-5-13(11)18(24)17(12)14/h1-9,23,25H,(H,22,26)(H,27,28). The summed E-state index contributed by atoms with van der Waals surface area (Å²) in [4.78, 5) is 36.7. The Hall–Kier alpha value is -4.13. The summed E-state index contributed by atoms with van der Waals surface area (Å²) in [6.45, 7) is 0. The van der Waals surface area contributed by atoms with Crippen LogP contribution in [-0.4, -0.2) is 33.0 Å². The summed E-state index contributed by atoms with van der Waals surface area (Å²) in [5.41, 5.74) is 1.57. The van der Waals surface area contributed by atoms with E-state index in [2.05, 4.69) is 5.32 Å². The first-order valence-electron chi connectivity index (χ1n) is 8.26. The number of amides is 1. The topological polar surface area (TPSA) is 124 Å². The number of carbonyl (C=O) groups is 3. The molecule has 0 heterocycles. The van der Waals surface area contributed by atoms with Crippen molar-refractivity contribution in [2.45, 2.75) is 0 Å². The summed E-state index contributed by atoms with van der Waals surface area (Å²) in [5.74, 6) is -3.69. The van der Waals surface area contributed by atoms with E-state index in [0.717, 1.165) is 17.7 Å². The van der Waals surface area contributed by atoms with Gasteiger partial charge in [-0.05, 0) is 29.3 Å². The molecule has 0 bridgehead atoms. The number of rotatable bonds is 3. The number of nitrogens with one attached hydrogen (secondary N) is 1. The predicted molar refractivity (Wildman–Crippen MR) is 100.0 cm³/mol. The molecular weight excluding hydrogens is 362 g/mol. The lowest BCUT2D eigenvalue weighted by Crippen LogP contribution is -2.16. The Morgan fingerprint density at radius 3 is 2.25 bits per heavy atom. The van der Waals surface area contributed by atoms with Crippen molar-refractivity contribution in [2.75, 3.05) is 5.32 Å². The summed E-state index contributed by atoms with van der Waals surface area (Å²) in [6.07, 6.45) is 0. The zero-order chi connectivity index (χ0) is 20.0. The third kappa shape index (κ3) is 2.57. The molecule has 7 nitrogen and oxygen atoms in total. The van der Waals surface area contributed by atoms with E-state index in [9.17, 15) is 24.6 Å². The Bertz CT molecular complexity index is 1180. The minimum atomic E-state index is -1.34. The Morgan fingerprint density at radius 2 is 1.54 bits per heavy atom. The number of fused-ring (bicyclic) bond motifs is 3. The zero-order valence-electron chi connectivity index (χ0n) is 14.3. The van der Waals surface area contributed by atoms with Gasteiger partial charge in [-0.2, -0.15) is 0 Å². The number of phenolic OH excluding ortho intramolecular Hbond substituents is 2. The number of carbonyl (C=O) groups excluding carboxylic acids is 2. The van der Waals surface area contributed by atoms with Crippen LogP contribution in [0.15, 0.2) is 54.6 Å². The molecule has 0 atom stereocenters. The third-order valence-electron chi connectivity index (χ3n) is 4.58. The van der Waals surface area contributed by atoms with Crippen molar-refractivity contribution in [1.82, 2.24) is 0 Å². The fraction of sp³-hybridized carbons (Fsp3) is 0. The van der Waals surface area contributed by atoms with Crippen LogP contribution >= 0.6 is 0 Å². The fourth-order valence-corrected chi connectivity index (χ4v) is 3.29. The van der Waals surface area contributed by atoms with E-state index in [1.54, 1.807) is 36.4 Å². The van der Waals surface area contributed by atoms with Crippen LogP contribution in [-0.2, 0) is 0 Å². The van der Waals surface area contributed by atoms with Gasteiger partial charge in [-0.1, -0.05) is 36.4 Å². The van der Waals surface area contributed by atoms with Crippen molar-refractivity contribution >= 4 is 23.3 Å². The lowest BCUT2D eigenvalue weighted by molar-refractivity contribution is 0.0696. The molecule has 0 unspecified atom stereocenters. The molecule has 28 heavy (non-hydrogen) atoms. The maximum Gasteiger partial charge on any atom is 0.335 e. The van der Waals surface area contributed by atoms with Gasteiger partial charge in [0, 0.05) is 11.1 Å². The minimum absolute atomic E-state index is 0.0818. The highest BCUT2D eigenvalue weighted by molar-refractivity contribution is 6.26. The molecule has 0 fully saturated rings. The highest BCUT2D eigenvalue weighted by atomic mass is 16.4. The van der Waals surface area contributed by atoms with E-state index < -0.39 is 23.4 Å². The molecule has 3 aromatic carbocycles. The molecule has 1 amide bonds. The van der Waals surface area contributed by atoms with E-state index >= 15 is 0 Å². The molecule has 4 rings (SSSR count). The maximum absolute atomic E-state index is 12.8. The molecule has 0 saturated carbocycles. The Kier molecular flexibility index (Phi) is 3.85. The predicted octanol–water partition coefficient (Wildman–Crippen LogP) is 3.26. The average Bonchev–Trinajstić information content (AvgIpc) is 2.98. The number of anilines is 1. The van der Waals surface area contributed by atoms with E-state index in [1.807, 2.05) is 0 Å². The molecule has 1 aliphatic rings. The number of aromatic hydroxyl groups is 2. The number of aromatic carboxylic acids is 1. The van der Waals surface area contributed by atoms with Crippen molar-refractivity contribution in [3.8, 4) is 22.6 Å². The van der Waals surface area contributed by atoms with Crippen LogP contribution in [0.5, 0.6) is 11.5 Å². The maximum atomic E-state index is 12.8. The number of carboxylic acids is 1. The Labute approximate surface area is 158 Å². The van der Waals surface area contributed by atoms with Gasteiger partial charge in [-0.15, -0.1) is 0 Å². The summed E-state index contributed by atoms with van der Waals surface area (Å²) in [7, 11) is 0. The summed E-state index contributed by atoms with van der Waals surface area (Å²) in [5, 5.41) is 31.1. The quantitative estimate of drug-likeness (QED) is 0.408. The second-order valence-electron chi connectivity index (χ2n) is 6.25. The number of ketones is 1. The summed E-state index contributed by atoms with van der Waals surface area (Å²) < 4.78 is 0. The second kappa shape index (κ2) is 6.24. The van der Waals surface area contributed by atoms with Crippen LogP contribution in [0.25, 0.3) is 11.1 Å². The second-order valence-corrected chi connectivity index (χ2v) is 6.25. The molecule has 1 aliphatic carbocycles. The van der Waals surface area contributed by atoms with Crippen LogP contribution < -0.4 is 5.32 Å². The molecule has 3 aromatic rings. The van der Waals surface area contributed by atoms with Gasteiger partial charge >= 0.3 is 5.97 Å². The largest absolute Gasteiger partial charge is 0.504 e. The van der Waals surface area contributed by atoms with Gasteiger partial charge in [0.2, 0.25) is 0 Å². The first-order chi connectivity index (χ1) is 13.4. The van der Waals surface area contributed by atoms with Crippen molar-refractivity contribution in [2.24, 2.45) is 0 Å². The van der Waals surface area contributed by atoms with Gasteiger partial charge in [-0.3, -0.25) is 9.59 Å². The van der Waals surface area contributed by atoms with Crippen LogP contribution in [0.2, 0.25) is 0 Å². The number of carboxylic acid groups (broad SMARTS) is 1. The molecule has 0 aromatic heterocycles. The molecule has 138 valence electrons. The molecule has 0 saturated heterocycles. The summed E-state index contributed by atoms with van der Waals surface area (Å²) in [6, 6.07) is 13.7. The minimum Gasteiger partial charge on any atom is -0.504 e. The van der Waals surface area contributed by atoms with Gasteiger partial charge in [-0.25, -0.2) is 4.79 Å². The number of phenols is 2. The van der Waals surface area contributed by atoms with Gasteiger partial charge in [0.05, 0.1) is 16.8 Å². The fourth-order valence-electron chi connectivity index (χ4n) is 3.29. The van der Waals surface area contributed by atoms with Crippen molar-refractivity contribution < 1.29 is 29.7 Å². The highest BCUT2D eigenvalue weighted by Gasteiger charge is 2.31. The molecule has 0 aliphatic heterocycles. The van der Waals surface area contributed by atoms with E-state index in [4.69, 9.17) is 5.11 Å². The van der Waals surface area contributed by atoms with Crippen LogP contribution in [0.3, 0.4) is 0 Å². The summed E-state index contributed by atoms with van der Waals surface area (Å²) >= 11 is 0. The van der Waals surface area contributed by atoms with Gasteiger partial charge in [0.15, 0.2) is 17.3 Å². The first-order valence-corrected chi connectivity index (χ1v) is 8.26. The van der Waals surface area contributed by atoms with Crippen LogP contribution in [0.4, 0.5) is 5.69 Å². The van der Waals surface area contributed by atoms with E-state index in [-0.39, 0.29) is 28.2 Å². The third-order valence-corrected chi connectivity index (χ3v) is 4.58. The van der Waals surface area contributed by atoms with Gasteiger partial charge in [0.1, 0.15) is 0 Å². The van der Waals surface area contributed by atoms with Crippen molar-refractivity contribution in [3.05, 3.63) is 76.9 Å². The Morgan fingerprint density at radius 1 is 0.857 bits per heavy atom. The smallest absolute Gasteiger partial charge is 0.335 e. The monoisotopic (exact) mass is 375 g/mol. The SMILES string of the molecule is O=C(O)c1cc(O)c(O)c(NC(=O)c2cccc3c2C(=O)c2ccccc2-3)c1. The van der Waals surface area contributed by atoms with Crippen molar-refractivity contribution in [3.63, 3.8) is 0 Å².